The average molecular weight is 421 g/mol. The third-order valence-corrected chi connectivity index (χ3v) is 5.81. The Balaban J connectivity index is 1.69. The third kappa shape index (κ3) is 4.27. The van der Waals surface area contributed by atoms with E-state index in [1.54, 1.807) is 6.92 Å². The summed E-state index contributed by atoms with van der Waals surface area (Å²) < 4.78 is 36.4. The fraction of sp³-hybridized carbons (Fsp3) is 0.696. The fourth-order valence-electron chi connectivity index (χ4n) is 4.67. The van der Waals surface area contributed by atoms with Crippen LogP contribution in [0.15, 0.2) is 30.3 Å². The number of ether oxygens (including phenoxy) is 6. The van der Waals surface area contributed by atoms with Crippen molar-refractivity contribution in [1.29, 1.82) is 0 Å². The molecule has 166 valence electrons. The first-order valence-corrected chi connectivity index (χ1v) is 10.7. The molecule has 0 saturated carbocycles. The zero-order valence-corrected chi connectivity index (χ0v) is 18.4. The summed E-state index contributed by atoms with van der Waals surface area (Å²) in [5.74, 6) is -1.88. The number of fused-ring (bicyclic) bond motifs is 1. The molecule has 0 bridgehead atoms. The normalized spacial score (nSPS) is 37.0. The van der Waals surface area contributed by atoms with Crippen molar-refractivity contribution in [1.82, 2.24) is 0 Å². The summed E-state index contributed by atoms with van der Waals surface area (Å²) in [7, 11) is 0. The maximum Gasteiger partial charge on any atom is 0.338 e. The number of hydrogen-bond acceptors (Lipinski definition) is 7. The fourth-order valence-corrected chi connectivity index (χ4v) is 4.67. The molecule has 0 spiro atoms. The summed E-state index contributed by atoms with van der Waals surface area (Å²) in [6.45, 7) is 9.91. The number of hydrogen-bond donors (Lipinski definition) is 0. The molecule has 0 amide bonds. The molecule has 3 saturated heterocycles. The van der Waals surface area contributed by atoms with Gasteiger partial charge in [0, 0.05) is 12.8 Å². The Morgan fingerprint density at radius 3 is 2.27 bits per heavy atom. The van der Waals surface area contributed by atoms with E-state index in [4.69, 9.17) is 28.4 Å². The molecule has 0 unspecified atom stereocenters. The summed E-state index contributed by atoms with van der Waals surface area (Å²) in [6, 6.07) is 9.82. The van der Waals surface area contributed by atoms with Crippen molar-refractivity contribution in [3.05, 3.63) is 35.9 Å². The Kier molecular flexibility index (Phi) is 5.70. The van der Waals surface area contributed by atoms with Gasteiger partial charge in [0.05, 0.1) is 19.3 Å². The van der Waals surface area contributed by atoms with Gasteiger partial charge in [-0.05, 0) is 40.2 Å². The minimum atomic E-state index is -1.19. The second-order valence-corrected chi connectivity index (χ2v) is 9.17. The van der Waals surface area contributed by atoms with Gasteiger partial charge in [0.15, 0.2) is 17.2 Å². The molecule has 3 aliphatic heterocycles. The summed E-state index contributed by atoms with van der Waals surface area (Å²) in [6.07, 6.45) is -0.856. The van der Waals surface area contributed by atoms with Gasteiger partial charge in [-0.3, -0.25) is 0 Å². The van der Waals surface area contributed by atoms with Gasteiger partial charge < -0.3 is 28.4 Å². The largest absolute Gasteiger partial charge is 0.464 e. The van der Waals surface area contributed by atoms with Crippen molar-refractivity contribution in [2.45, 2.75) is 89.1 Å². The second kappa shape index (κ2) is 7.88. The minimum absolute atomic E-state index is 0.274. The molecule has 7 nitrogen and oxygen atoms in total. The predicted octanol–water partition coefficient (Wildman–Crippen LogP) is 2.99. The van der Waals surface area contributed by atoms with E-state index in [2.05, 4.69) is 0 Å². The SMILES string of the molecule is CCOC(=O)[C@@]1(Cc2ccccc2)C[C@H]2OC(C)(C)O[C@H]2[C@@H]([C@H]2COC(C)(C)O2)O1. The monoisotopic (exact) mass is 420 g/mol. The highest BCUT2D eigenvalue weighted by atomic mass is 16.8. The zero-order chi connectivity index (χ0) is 21.6. The summed E-state index contributed by atoms with van der Waals surface area (Å²) in [5.41, 5.74) is -0.201. The van der Waals surface area contributed by atoms with Gasteiger partial charge in [-0.1, -0.05) is 30.3 Å². The zero-order valence-electron chi connectivity index (χ0n) is 18.4. The van der Waals surface area contributed by atoms with Crippen LogP contribution in [0.25, 0.3) is 0 Å². The molecular weight excluding hydrogens is 388 g/mol. The molecule has 1 aromatic rings. The first-order chi connectivity index (χ1) is 14.1. The molecule has 4 rings (SSSR count). The number of esters is 1. The smallest absolute Gasteiger partial charge is 0.338 e. The van der Waals surface area contributed by atoms with Crippen LogP contribution in [0.2, 0.25) is 0 Å². The van der Waals surface area contributed by atoms with E-state index in [1.165, 1.54) is 0 Å². The summed E-state index contributed by atoms with van der Waals surface area (Å²) in [5, 5.41) is 0. The number of carbonyl (C=O) groups is 1. The number of rotatable bonds is 5. The van der Waals surface area contributed by atoms with Gasteiger partial charge in [0.25, 0.3) is 0 Å². The lowest BCUT2D eigenvalue weighted by atomic mass is 9.82. The van der Waals surface area contributed by atoms with E-state index >= 15 is 0 Å². The Labute approximate surface area is 177 Å². The van der Waals surface area contributed by atoms with Gasteiger partial charge >= 0.3 is 5.97 Å². The molecule has 30 heavy (non-hydrogen) atoms. The first kappa shape index (κ1) is 21.7. The van der Waals surface area contributed by atoms with E-state index in [0.29, 0.717) is 19.4 Å². The quantitative estimate of drug-likeness (QED) is 0.678. The van der Waals surface area contributed by atoms with Crippen LogP contribution in [0.3, 0.4) is 0 Å². The maximum atomic E-state index is 13.2. The van der Waals surface area contributed by atoms with Crippen LogP contribution in [0, 0.1) is 0 Å². The van der Waals surface area contributed by atoms with Gasteiger partial charge in [-0.25, -0.2) is 4.79 Å². The molecule has 0 radical (unpaired) electrons. The van der Waals surface area contributed by atoms with Crippen LogP contribution in [-0.2, 0) is 39.6 Å². The van der Waals surface area contributed by atoms with E-state index in [-0.39, 0.29) is 30.9 Å². The lowest BCUT2D eigenvalue weighted by Crippen LogP contribution is -2.62. The lowest BCUT2D eigenvalue weighted by molar-refractivity contribution is -0.238. The van der Waals surface area contributed by atoms with Gasteiger partial charge in [0.2, 0.25) is 0 Å². The standard InChI is InChI=1S/C23H32O7/c1-6-25-20(24)23(12-15-10-8-7-9-11-15)13-16-18(29-22(4,5)27-16)19(30-23)17-14-26-21(2,3)28-17/h7-11,16-19H,6,12-14H2,1-5H3/t16-,17-,18-,19-,23-/m1/s1. The van der Waals surface area contributed by atoms with Crippen LogP contribution in [0.5, 0.6) is 0 Å². The highest BCUT2D eigenvalue weighted by Gasteiger charge is 2.61. The molecule has 3 fully saturated rings. The van der Waals surface area contributed by atoms with Crippen molar-refractivity contribution >= 4 is 5.97 Å². The van der Waals surface area contributed by atoms with Gasteiger partial charge in [0.1, 0.15) is 18.3 Å². The predicted molar refractivity (Wildman–Crippen MR) is 108 cm³/mol. The van der Waals surface area contributed by atoms with Crippen LogP contribution >= 0.6 is 0 Å². The van der Waals surface area contributed by atoms with E-state index < -0.39 is 23.3 Å². The van der Waals surface area contributed by atoms with E-state index in [0.717, 1.165) is 5.56 Å². The molecule has 1 aromatic carbocycles. The van der Waals surface area contributed by atoms with Gasteiger partial charge in [-0.2, -0.15) is 0 Å². The Bertz CT molecular complexity index is 762. The summed E-state index contributed by atoms with van der Waals surface area (Å²) in [4.78, 5) is 13.2. The minimum Gasteiger partial charge on any atom is -0.464 e. The molecule has 7 heteroatoms. The van der Waals surface area contributed by atoms with Crippen LogP contribution in [0.1, 0.15) is 46.6 Å². The summed E-state index contributed by atoms with van der Waals surface area (Å²) >= 11 is 0. The van der Waals surface area contributed by atoms with Crippen molar-refractivity contribution in [3.8, 4) is 0 Å². The molecule has 3 heterocycles. The Morgan fingerprint density at radius 1 is 0.967 bits per heavy atom. The molecular formula is C23H32O7. The molecule has 0 aliphatic carbocycles. The van der Waals surface area contributed by atoms with Crippen molar-refractivity contribution < 1.29 is 33.2 Å². The molecule has 5 atom stereocenters. The third-order valence-electron chi connectivity index (χ3n) is 5.81. The van der Waals surface area contributed by atoms with Crippen LogP contribution in [0.4, 0.5) is 0 Å². The topological polar surface area (TPSA) is 72.5 Å². The first-order valence-electron chi connectivity index (χ1n) is 10.7. The highest BCUT2D eigenvalue weighted by Crippen LogP contribution is 2.45. The van der Waals surface area contributed by atoms with Crippen molar-refractivity contribution in [2.75, 3.05) is 13.2 Å². The maximum absolute atomic E-state index is 13.2. The van der Waals surface area contributed by atoms with Crippen LogP contribution in [-0.4, -0.2) is 60.8 Å². The van der Waals surface area contributed by atoms with Crippen molar-refractivity contribution in [2.24, 2.45) is 0 Å². The Hall–Kier alpha value is -1.51. The second-order valence-electron chi connectivity index (χ2n) is 9.17. The number of benzene rings is 1. The lowest BCUT2D eigenvalue weighted by Gasteiger charge is -2.45. The van der Waals surface area contributed by atoms with Crippen molar-refractivity contribution in [3.63, 3.8) is 0 Å². The van der Waals surface area contributed by atoms with E-state index in [1.807, 2.05) is 58.0 Å². The average Bonchev–Trinajstić information content (AvgIpc) is 3.19. The molecule has 0 aromatic heterocycles. The molecule has 0 N–H and O–H groups in total. The molecule has 3 aliphatic rings. The Morgan fingerprint density at radius 2 is 1.63 bits per heavy atom. The highest BCUT2D eigenvalue weighted by molar-refractivity contribution is 5.80. The number of carbonyl (C=O) groups excluding carboxylic acids is 1. The van der Waals surface area contributed by atoms with Crippen LogP contribution < -0.4 is 0 Å². The van der Waals surface area contributed by atoms with E-state index in [9.17, 15) is 4.79 Å². The van der Waals surface area contributed by atoms with Gasteiger partial charge in [-0.15, -0.1) is 0 Å².